The van der Waals surface area contributed by atoms with Crippen LogP contribution in [0.4, 0.5) is 0 Å². The van der Waals surface area contributed by atoms with E-state index in [0.29, 0.717) is 18.9 Å². The minimum absolute atomic E-state index is 0.0205. The third kappa shape index (κ3) is 4.49. The van der Waals surface area contributed by atoms with E-state index >= 15 is 0 Å². The number of methoxy groups -OCH3 is 1. The number of carbonyl (C=O) groups excluding carboxylic acids is 2. The third-order valence-corrected chi connectivity index (χ3v) is 6.26. The standard InChI is InChI=1S/C22H31N3O3/c1-28-19-5-2-4-18(14-19)15-21(26)24-10-3-9-23(12-13-24)20-8-11-25(22(20)27)16-17-6-7-17/h2,4-5,14,17,20H,3,6-13,15-16H2,1H3/t20-/m0/s1. The summed E-state index contributed by atoms with van der Waals surface area (Å²) in [4.78, 5) is 31.9. The van der Waals surface area contributed by atoms with Gasteiger partial charge >= 0.3 is 0 Å². The van der Waals surface area contributed by atoms with Gasteiger partial charge in [0.15, 0.2) is 0 Å². The minimum atomic E-state index is 0.0205. The number of amides is 2. The Bertz CT molecular complexity index is 719. The van der Waals surface area contributed by atoms with Crippen molar-refractivity contribution in [3.63, 3.8) is 0 Å². The summed E-state index contributed by atoms with van der Waals surface area (Å²) in [6, 6.07) is 7.73. The van der Waals surface area contributed by atoms with Crippen molar-refractivity contribution in [2.45, 2.75) is 38.1 Å². The van der Waals surface area contributed by atoms with E-state index in [-0.39, 0.29) is 11.9 Å². The van der Waals surface area contributed by atoms with Crippen molar-refractivity contribution in [1.29, 1.82) is 0 Å². The monoisotopic (exact) mass is 385 g/mol. The number of rotatable bonds is 6. The van der Waals surface area contributed by atoms with Crippen LogP contribution in [0.15, 0.2) is 24.3 Å². The highest BCUT2D eigenvalue weighted by molar-refractivity contribution is 5.84. The van der Waals surface area contributed by atoms with Gasteiger partial charge in [0, 0.05) is 39.3 Å². The van der Waals surface area contributed by atoms with E-state index in [9.17, 15) is 9.59 Å². The van der Waals surface area contributed by atoms with Gasteiger partial charge in [-0.3, -0.25) is 14.5 Å². The summed E-state index contributed by atoms with van der Waals surface area (Å²) in [7, 11) is 1.64. The zero-order valence-corrected chi connectivity index (χ0v) is 16.8. The molecule has 2 aliphatic heterocycles. The number of carbonyl (C=O) groups is 2. The van der Waals surface area contributed by atoms with Gasteiger partial charge in [-0.1, -0.05) is 12.1 Å². The van der Waals surface area contributed by atoms with E-state index in [0.717, 1.165) is 62.8 Å². The zero-order chi connectivity index (χ0) is 19.5. The van der Waals surface area contributed by atoms with Crippen LogP contribution in [-0.4, -0.2) is 78.9 Å². The Labute approximate surface area is 167 Å². The quantitative estimate of drug-likeness (QED) is 0.749. The van der Waals surface area contributed by atoms with Crippen molar-refractivity contribution in [3.05, 3.63) is 29.8 Å². The molecule has 0 radical (unpaired) electrons. The summed E-state index contributed by atoms with van der Waals surface area (Å²) in [6.45, 7) is 5.01. The summed E-state index contributed by atoms with van der Waals surface area (Å²) in [5.41, 5.74) is 0.979. The van der Waals surface area contributed by atoms with Crippen molar-refractivity contribution in [2.75, 3.05) is 46.4 Å². The lowest BCUT2D eigenvalue weighted by molar-refractivity contribution is -0.132. The lowest BCUT2D eigenvalue weighted by Gasteiger charge is -2.26. The van der Waals surface area contributed by atoms with Crippen LogP contribution in [0.5, 0.6) is 5.75 Å². The first-order valence-corrected chi connectivity index (χ1v) is 10.6. The topological polar surface area (TPSA) is 53.1 Å². The molecule has 0 unspecified atom stereocenters. The molecule has 2 amide bonds. The molecule has 0 aromatic heterocycles. The molecule has 0 N–H and O–H groups in total. The number of hydrogen-bond donors (Lipinski definition) is 0. The molecule has 28 heavy (non-hydrogen) atoms. The number of likely N-dealkylation sites (tertiary alicyclic amines) is 1. The molecule has 1 aromatic carbocycles. The van der Waals surface area contributed by atoms with Crippen LogP contribution in [0.3, 0.4) is 0 Å². The Hall–Kier alpha value is -2.08. The van der Waals surface area contributed by atoms with Gasteiger partial charge in [-0.05, 0) is 49.3 Å². The Kier molecular flexibility index (Phi) is 5.85. The molecule has 1 aliphatic carbocycles. The average Bonchev–Trinajstić information content (AvgIpc) is 3.49. The van der Waals surface area contributed by atoms with Crippen LogP contribution in [-0.2, 0) is 16.0 Å². The highest BCUT2D eigenvalue weighted by Crippen LogP contribution is 2.31. The predicted octanol–water partition coefficient (Wildman–Crippen LogP) is 1.78. The Morgan fingerprint density at radius 3 is 2.75 bits per heavy atom. The lowest BCUT2D eigenvalue weighted by atomic mass is 10.1. The first-order chi connectivity index (χ1) is 13.6. The van der Waals surface area contributed by atoms with Crippen molar-refractivity contribution < 1.29 is 14.3 Å². The van der Waals surface area contributed by atoms with E-state index in [4.69, 9.17) is 4.74 Å². The Balaban J connectivity index is 1.30. The maximum atomic E-state index is 12.8. The van der Waals surface area contributed by atoms with Gasteiger partial charge < -0.3 is 14.5 Å². The second kappa shape index (κ2) is 8.52. The molecule has 6 heteroatoms. The van der Waals surface area contributed by atoms with Crippen molar-refractivity contribution in [1.82, 2.24) is 14.7 Å². The fourth-order valence-electron chi connectivity index (χ4n) is 4.42. The average molecular weight is 386 g/mol. The van der Waals surface area contributed by atoms with Crippen LogP contribution in [0.2, 0.25) is 0 Å². The number of benzene rings is 1. The van der Waals surface area contributed by atoms with E-state index in [1.807, 2.05) is 29.2 Å². The number of nitrogens with zero attached hydrogens (tertiary/aromatic N) is 3. The highest BCUT2D eigenvalue weighted by Gasteiger charge is 2.38. The summed E-state index contributed by atoms with van der Waals surface area (Å²) in [5.74, 6) is 1.99. The smallest absolute Gasteiger partial charge is 0.240 e. The van der Waals surface area contributed by atoms with Gasteiger partial charge in [0.05, 0.1) is 19.6 Å². The van der Waals surface area contributed by atoms with Crippen LogP contribution in [0.25, 0.3) is 0 Å². The van der Waals surface area contributed by atoms with E-state index in [1.54, 1.807) is 7.11 Å². The first kappa shape index (κ1) is 19.2. The summed E-state index contributed by atoms with van der Waals surface area (Å²) >= 11 is 0. The maximum Gasteiger partial charge on any atom is 0.240 e. The molecule has 0 spiro atoms. The first-order valence-electron chi connectivity index (χ1n) is 10.6. The van der Waals surface area contributed by atoms with Crippen molar-refractivity contribution >= 4 is 11.8 Å². The van der Waals surface area contributed by atoms with Gasteiger partial charge in [-0.2, -0.15) is 0 Å². The normalized spacial score (nSPS) is 23.8. The van der Waals surface area contributed by atoms with Gasteiger partial charge in [0.1, 0.15) is 5.75 Å². The fourth-order valence-corrected chi connectivity index (χ4v) is 4.42. The van der Waals surface area contributed by atoms with Crippen LogP contribution < -0.4 is 4.74 Å². The van der Waals surface area contributed by atoms with E-state index in [1.165, 1.54) is 12.8 Å². The van der Waals surface area contributed by atoms with Gasteiger partial charge in [-0.15, -0.1) is 0 Å². The molecule has 2 heterocycles. The number of ether oxygens (including phenoxy) is 1. The van der Waals surface area contributed by atoms with E-state index in [2.05, 4.69) is 9.80 Å². The molecular weight excluding hydrogens is 354 g/mol. The van der Waals surface area contributed by atoms with Crippen LogP contribution in [0, 0.1) is 5.92 Å². The molecule has 0 bridgehead atoms. The molecule has 1 atom stereocenters. The molecule has 6 nitrogen and oxygen atoms in total. The second-order valence-electron chi connectivity index (χ2n) is 8.33. The molecule has 152 valence electrons. The number of hydrogen-bond acceptors (Lipinski definition) is 4. The molecule has 1 aromatic rings. The van der Waals surface area contributed by atoms with Gasteiger partial charge in [-0.25, -0.2) is 0 Å². The predicted molar refractivity (Wildman–Crippen MR) is 107 cm³/mol. The highest BCUT2D eigenvalue weighted by atomic mass is 16.5. The summed E-state index contributed by atoms with van der Waals surface area (Å²) < 4.78 is 5.25. The molecular formula is C22H31N3O3. The van der Waals surface area contributed by atoms with Crippen molar-refractivity contribution in [2.24, 2.45) is 5.92 Å². The minimum Gasteiger partial charge on any atom is -0.497 e. The SMILES string of the molecule is COc1cccc(CC(=O)N2CCCN([C@H]3CCN(CC4CC4)C3=O)CC2)c1. The van der Waals surface area contributed by atoms with Gasteiger partial charge in [0.25, 0.3) is 0 Å². The summed E-state index contributed by atoms with van der Waals surface area (Å²) in [5, 5.41) is 0. The fraction of sp³-hybridized carbons (Fsp3) is 0.636. The Morgan fingerprint density at radius 1 is 1.11 bits per heavy atom. The zero-order valence-electron chi connectivity index (χ0n) is 16.8. The lowest BCUT2D eigenvalue weighted by Crippen LogP contribution is -2.44. The van der Waals surface area contributed by atoms with Crippen LogP contribution >= 0.6 is 0 Å². The molecule has 2 saturated heterocycles. The largest absolute Gasteiger partial charge is 0.497 e. The van der Waals surface area contributed by atoms with Crippen LogP contribution in [0.1, 0.15) is 31.2 Å². The van der Waals surface area contributed by atoms with Crippen molar-refractivity contribution in [3.8, 4) is 5.75 Å². The summed E-state index contributed by atoms with van der Waals surface area (Å²) in [6.07, 6.45) is 4.82. The maximum absolute atomic E-state index is 12.8. The molecule has 3 aliphatic rings. The molecule has 3 fully saturated rings. The second-order valence-corrected chi connectivity index (χ2v) is 8.33. The third-order valence-electron chi connectivity index (χ3n) is 6.26. The van der Waals surface area contributed by atoms with E-state index < -0.39 is 0 Å². The molecule has 4 rings (SSSR count). The Morgan fingerprint density at radius 2 is 1.96 bits per heavy atom. The molecule has 1 saturated carbocycles. The van der Waals surface area contributed by atoms with Gasteiger partial charge in [0.2, 0.25) is 11.8 Å².